The van der Waals surface area contributed by atoms with E-state index in [1.807, 2.05) is 6.07 Å². The van der Waals surface area contributed by atoms with Crippen LogP contribution in [0.5, 0.6) is 0 Å². The Balaban J connectivity index is 1.62. The molecule has 0 aromatic heterocycles. The van der Waals surface area contributed by atoms with Crippen molar-refractivity contribution in [3.05, 3.63) is 94.0 Å². The largest absolute Gasteiger partial charge is 0.387 e. The maximum absolute atomic E-state index is 12.5. The molecule has 0 aliphatic rings. The Morgan fingerprint density at radius 2 is 1.60 bits per heavy atom. The van der Waals surface area contributed by atoms with E-state index in [9.17, 15) is 18.3 Å². The summed E-state index contributed by atoms with van der Waals surface area (Å²) in [7, 11) is -3.86. The summed E-state index contributed by atoms with van der Waals surface area (Å²) in [6, 6.07) is 18.9. The number of hydrogen-bond donors (Lipinski definition) is 3. The van der Waals surface area contributed by atoms with E-state index < -0.39 is 16.1 Å². The van der Waals surface area contributed by atoms with Crippen LogP contribution < -0.4 is 10.0 Å². The van der Waals surface area contributed by atoms with Crippen LogP contribution in [-0.2, 0) is 10.0 Å². The van der Waals surface area contributed by atoms with Crippen molar-refractivity contribution in [2.75, 3.05) is 11.3 Å². The highest BCUT2D eigenvalue weighted by Gasteiger charge is 2.16. The van der Waals surface area contributed by atoms with Crippen molar-refractivity contribution in [3.63, 3.8) is 0 Å². The van der Waals surface area contributed by atoms with Crippen molar-refractivity contribution in [2.45, 2.75) is 11.0 Å². The van der Waals surface area contributed by atoms with Gasteiger partial charge in [0.05, 0.1) is 21.0 Å². The predicted molar refractivity (Wildman–Crippen MR) is 117 cm³/mol. The summed E-state index contributed by atoms with van der Waals surface area (Å²) >= 11 is 11.7. The number of hydrogen-bond acceptors (Lipinski definition) is 4. The first kappa shape index (κ1) is 22.1. The first-order valence-corrected chi connectivity index (χ1v) is 11.1. The number of sulfonamides is 1. The number of carbonyl (C=O) groups excluding carboxylic acids is 1. The molecule has 0 aliphatic carbocycles. The highest BCUT2D eigenvalue weighted by Crippen LogP contribution is 2.26. The zero-order valence-electron chi connectivity index (χ0n) is 15.5. The lowest BCUT2D eigenvalue weighted by molar-refractivity contribution is 0.0916. The van der Waals surface area contributed by atoms with Gasteiger partial charge in [0.25, 0.3) is 15.9 Å². The molecular weight excluding hydrogens is 447 g/mol. The van der Waals surface area contributed by atoms with E-state index in [0.29, 0.717) is 11.1 Å². The van der Waals surface area contributed by atoms with Gasteiger partial charge in [0.2, 0.25) is 0 Å². The van der Waals surface area contributed by atoms with E-state index in [4.69, 9.17) is 23.2 Å². The van der Waals surface area contributed by atoms with Gasteiger partial charge in [-0.2, -0.15) is 0 Å². The molecule has 156 valence electrons. The number of halogens is 2. The third-order valence-electron chi connectivity index (χ3n) is 4.24. The van der Waals surface area contributed by atoms with Crippen LogP contribution in [-0.4, -0.2) is 26.0 Å². The summed E-state index contributed by atoms with van der Waals surface area (Å²) < 4.78 is 27.4. The lowest BCUT2D eigenvalue weighted by Crippen LogP contribution is -2.28. The number of amides is 1. The monoisotopic (exact) mass is 464 g/mol. The Kier molecular flexibility index (Phi) is 6.99. The molecule has 1 amide bonds. The molecule has 0 aliphatic heterocycles. The minimum atomic E-state index is -3.86. The maximum Gasteiger partial charge on any atom is 0.261 e. The van der Waals surface area contributed by atoms with Gasteiger partial charge in [-0.05, 0) is 48.0 Å². The van der Waals surface area contributed by atoms with E-state index in [1.54, 1.807) is 24.3 Å². The van der Waals surface area contributed by atoms with Gasteiger partial charge >= 0.3 is 0 Å². The fourth-order valence-corrected chi connectivity index (χ4v) is 4.08. The molecule has 30 heavy (non-hydrogen) atoms. The normalized spacial score (nSPS) is 12.2. The molecule has 6 nitrogen and oxygen atoms in total. The molecule has 3 rings (SSSR count). The molecule has 0 bridgehead atoms. The molecule has 0 spiro atoms. The van der Waals surface area contributed by atoms with E-state index >= 15 is 0 Å². The predicted octanol–water partition coefficient (Wildman–Crippen LogP) is 4.26. The quantitative estimate of drug-likeness (QED) is 0.486. The van der Waals surface area contributed by atoms with Crippen molar-refractivity contribution in [1.29, 1.82) is 0 Å². The summed E-state index contributed by atoms with van der Waals surface area (Å²) in [6.45, 7) is 0.0502. The molecule has 1 unspecified atom stereocenters. The molecule has 0 saturated heterocycles. The maximum atomic E-state index is 12.5. The molecule has 0 heterocycles. The number of anilines is 1. The SMILES string of the molecule is O=C(NCC(O)c1ccccc1)c1ccc(NS(=O)(=O)c2ccc(Cl)c(Cl)c2)cc1. The summed E-state index contributed by atoms with van der Waals surface area (Å²) in [4.78, 5) is 12.2. The fraction of sp³-hybridized carbons (Fsp3) is 0.0952. The summed E-state index contributed by atoms with van der Waals surface area (Å²) in [6.07, 6.45) is -0.826. The zero-order chi connectivity index (χ0) is 21.7. The number of rotatable bonds is 7. The molecular formula is C21H18Cl2N2O4S. The van der Waals surface area contributed by atoms with Crippen molar-refractivity contribution in [3.8, 4) is 0 Å². The number of benzene rings is 3. The number of aliphatic hydroxyl groups is 1. The first-order valence-electron chi connectivity index (χ1n) is 8.85. The van der Waals surface area contributed by atoms with Crippen LogP contribution in [0.25, 0.3) is 0 Å². The van der Waals surface area contributed by atoms with E-state index in [1.165, 1.54) is 42.5 Å². The molecule has 3 N–H and O–H groups in total. The molecule has 0 fully saturated rings. The van der Waals surface area contributed by atoms with Crippen molar-refractivity contribution >= 4 is 44.8 Å². The van der Waals surface area contributed by atoms with Gasteiger partial charge < -0.3 is 10.4 Å². The van der Waals surface area contributed by atoms with Gasteiger partial charge in [-0.15, -0.1) is 0 Å². The Bertz CT molecular complexity index is 1140. The number of aliphatic hydroxyl groups excluding tert-OH is 1. The lowest BCUT2D eigenvalue weighted by atomic mass is 10.1. The van der Waals surface area contributed by atoms with Crippen LogP contribution in [0.15, 0.2) is 77.7 Å². The minimum absolute atomic E-state index is 0.0337. The van der Waals surface area contributed by atoms with Crippen LogP contribution in [0.4, 0.5) is 5.69 Å². The number of nitrogens with one attached hydrogen (secondary N) is 2. The molecule has 3 aromatic rings. The Labute approximate surface area is 184 Å². The molecule has 9 heteroatoms. The van der Waals surface area contributed by atoms with Crippen LogP contribution in [0.2, 0.25) is 10.0 Å². The highest BCUT2D eigenvalue weighted by atomic mass is 35.5. The molecule has 0 saturated carbocycles. The Morgan fingerprint density at radius 3 is 2.23 bits per heavy atom. The third-order valence-corrected chi connectivity index (χ3v) is 6.36. The van der Waals surface area contributed by atoms with Gasteiger partial charge in [0, 0.05) is 17.8 Å². The van der Waals surface area contributed by atoms with Crippen LogP contribution >= 0.6 is 23.2 Å². The van der Waals surface area contributed by atoms with Crippen molar-refractivity contribution in [2.24, 2.45) is 0 Å². The van der Waals surface area contributed by atoms with Crippen LogP contribution in [0.1, 0.15) is 22.0 Å². The third kappa shape index (κ3) is 5.52. The average Bonchev–Trinajstić information content (AvgIpc) is 2.74. The smallest absolute Gasteiger partial charge is 0.261 e. The Morgan fingerprint density at radius 1 is 0.933 bits per heavy atom. The van der Waals surface area contributed by atoms with Gasteiger partial charge in [-0.25, -0.2) is 8.42 Å². The summed E-state index contributed by atoms with van der Waals surface area (Å²) in [5, 5.41) is 13.2. The summed E-state index contributed by atoms with van der Waals surface area (Å²) in [5.74, 6) is -0.385. The van der Waals surface area contributed by atoms with E-state index in [2.05, 4.69) is 10.0 Å². The van der Waals surface area contributed by atoms with E-state index in [0.717, 1.165) is 0 Å². The van der Waals surface area contributed by atoms with Gasteiger partial charge in [0.15, 0.2) is 0 Å². The standard InChI is InChI=1S/C21H18Cl2N2O4S/c22-18-11-10-17(12-19(18)23)30(28,29)25-16-8-6-15(7-9-16)21(27)24-13-20(26)14-4-2-1-3-5-14/h1-12,20,25-26H,13H2,(H,24,27). The van der Waals surface area contributed by atoms with Crippen molar-refractivity contribution < 1.29 is 18.3 Å². The van der Waals surface area contributed by atoms with Gasteiger partial charge in [-0.3, -0.25) is 9.52 Å². The second kappa shape index (κ2) is 9.49. The van der Waals surface area contributed by atoms with Gasteiger partial charge in [0.1, 0.15) is 0 Å². The zero-order valence-corrected chi connectivity index (χ0v) is 17.9. The van der Waals surface area contributed by atoms with Gasteiger partial charge in [-0.1, -0.05) is 53.5 Å². The first-order chi connectivity index (χ1) is 14.3. The molecule has 0 radical (unpaired) electrons. The second-order valence-corrected chi connectivity index (χ2v) is 8.89. The average molecular weight is 465 g/mol. The van der Waals surface area contributed by atoms with Crippen molar-refractivity contribution in [1.82, 2.24) is 5.32 Å². The fourth-order valence-electron chi connectivity index (χ4n) is 2.63. The Hall–Kier alpha value is -2.58. The van der Waals surface area contributed by atoms with E-state index in [-0.39, 0.29) is 33.1 Å². The number of carbonyl (C=O) groups is 1. The highest BCUT2D eigenvalue weighted by molar-refractivity contribution is 7.92. The lowest BCUT2D eigenvalue weighted by Gasteiger charge is -2.13. The molecule has 1 atom stereocenters. The van der Waals surface area contributed by atoms with Crippen LogP contribution in [0, 0.1) is 0 Å². The minimum Gasteiger partial charge on any atom is -0.387 e. The van der Waals surface area contributed by atoms with Crippen LogP contribution in [0.3, 0.4) is 0 Å². The second-order valence-electron chi connectivity index (χ2n) is 6.40. The summed E-state index contributed by atoms with van der Waals surface area (Å²) in [5.41, 5.74) is 1.31. The molecule has 3 aromatic carbocycles. The topological polar surface area (TPSA) is 95.5 Å².